The van der Waals surface area contributed by atoms with Crippen LogP contribution in [0.2, 0.25) is 0 Å². The van der Waals surface area contributed by atoms with Crippen LogP contribution in [0.3, 0.4) is 0 Å². The standard InChI is InChI=1S/C20H40N2/c1-4-7-9-10-11-12-13-14-15-17-22-19-18-21(16-8-5-2)20(22)6-3/h18-20H,4-17H2,1-3H3. The monoisotopic (exact) mass is 308 g/mol. The second-order valence-electron chi connectivity index (χ2n) is 6.84. The minimum absolute atomic E-state index is 0.626. The van der Waals surface area contributed by atoms with Crippen LogP contribution in [0.5, 0.6) is 0 Å². The highest BCUT2D eigenvalue weighted by molar-refractivity contribution is 4.96. The van der Waals surface area contributed by atoms with Gasteiger partial charge in [-0.05, 0) is 19.3 Å². The Bertz CT molecular complexity index is 275. The summed E-state index contributed by atoms with van der Waals surface area (Å²) in [4.78, 5) is 5.11. The van der Waals surface area contributed by atoms with Gasteiger partial charge < -0.3 is 9.80 Å². The summed E-state index contributed by atoms with van der Waals surface area (Å²) in [6, 6.07) is 0. The summed E-state index contributed by atoms with van der Waals surface area (Å²) in [6.07, 6.45) is 21.9. The summed E-state index contributed by atoms with van der Waals surface area (Å²) in [7, 11) is 0. The van der Waals surface area contributed by atoms with E-state index in [4.69, 9.17) is 0 Å². The third-order valence-corrected chi connectivity index (χ3v) is 4.87. The van der Waals surface area contributed by atoms with Crippen LogP contribution in [-0.4, -0.2) is 29.1 Å². The second-order valence-corrected chi connectivity index (χ2v) is 6.84. The molecule has 1 atom stereocenters. The third-order valence-electron chi connectivity index (χ3n) is 4.87. The fourth-order valence-corrected chi connectivity index (χ4v) is 3.42. The van der Waals surface area contributed by atoms with Crippen LogP contribution in [0.25, 0.3) is 0 Å². The van der Waals surface area contributed by atoms with E-state index in [1.807, 2.05) is 0 Å². The van der Waals surface area contributed by atoms with Crippen molar-refractivity contribution in [3.63, 3.8) is 0 Å². The average Bonchev–Trinajstić information content (AvgIpc) is 2.93. The van der Waals surface area contributed by atoms with Gasteiger partial charge in [-0.3, -0.25) is 0 Å². The van der Waals surface area contributed by atoms with E-state index in [1.165, 1.54) is 90.1 Å². The summed E-state index contributed by atoms with van der Waals surface area (Å²) in [5, 5.41) is 0. The lowest BCUT2D eigenvalue weighted by Gasteiger charge is -2.32. The molecule has 2 nitrogen and oxygen atoms in total. The van der Waals surface area contributed by atoms with Gasteiger partial charge in [-0.2, -0.15) is 0 Å². The Morgan fingerprint density at radius 1 is 0.591 bits per heavy atom. The van der Waals surface area contributed by atoms with Gasteiger partial charge in [0.2, 0.25) is 0 Å². The maximum atomic E-state index is 2.57. The zero-order valence-electron chi connectivity index (χ0n) is 15.5. The van der Waals surface area contributed by atoms with Crippen LogP contribution in [0.15, 0.2) is 12.4 Å². The predicted octanol–water partition coefficient (Wildman–Crippen LogP) is 6.14. The van der Waals surface area contributed by atoms with Crippen LogP contribution < -0.4 is 0 Å². The molecule has 0 radical (unpaired) electrons. The molecule has 0 bridgehead atoms. The Morgan fingerprint density at radius 3 is 1.55 bits per heavy atom. The van der Waals surface area contributed by atoms with Crippen molar-refractivity contribution in [1.82, 2.24) is 9.80 Å². The van der Waals surface area contributed by atoms with E-state index in [2.05, 4.69) is 43.0 Å². The highest BCUT2D eigenvalue weighted by atomic mass is 15.4. The van der Waals surface area contributed by atoms with Gasteiger partial charge >= 0.3 is 0 Å². The smallest absolute Gasteiger partial charge is 0.100 e. The van der Waals surface area contributed by atoms with Gasteiger partial charge in [0.05, 0.1) is 0 Å². The minimum atomic E-state index is 0.626. The van der Waals surface area contributed by atoms with Crippen molar-refractivity contribution in [2.75, 3.05) is 13.1 Å². The largest absolute Gasteiger partial charge is 0.356 e. The van der Waals surface area contributed by atoms with Crippen molar-refractivity contribution in [1.29, 1.82) is 0 Å². The Labute approximate surface area is 139 Å². The lowest BCUT2D eigenvalue weighted by Crippen LogP contribution is -2.38. The molecule has 0 spiro atoms. The van der Waals surface area contributed by atoms with Crippen LogP contribution in [-0.2, 0) is 0 Å². The van der Waals surface area contributed by atoms with Crippen molar-refractivity contribution in [2.45, 2.75) is 104 Å². The molecule has 1 unspecified atom stereocenters. The molecule has 0 N–H and O–H groups in total. The molecule has 1 aliphatic rings. The summed E-state index contributed by atoms with van der Waals surface area (Å²) in [6.45, 7) is 9.35. The molecular weight excluding hydrogens is 268 g/mol. The SMILES string of the molecule is CCCCCCCCCCCN1C=CN(CCCC)C1CC. The van der Waals surface area contributed by atoms with E-state index in [1.54, 1.807) is 0 Å². The number of nitrogens with zero attached hydrogens (tertiary/aromatic N) is 2. The zero-order valence-corrected chi connectivity index (χ0v) is 15.5. The average molecular weight is 309 g/mol. The van der Waals surface area contributed by atoms with Crippen molar-refractivity contribution in [3.05, 3.63) is 12.4 Å². The first-order valence-electron chi connectivity index (χ1n) is 10.0. The van der Waals surface area contributed by atoms with Crippen molar-refractivity contribution < 1.29 is 0 Å². The van der Waals surface area contributed by atoms with Crippen LogP contribution in [0.4, 0.5) is 0 Å². The topological polar surface area (TPSA) is 6.48 Å². The highest BCUT2D eigenvalue weighted by Gasteiger charge is 2.23. The molecule has 0 aromatic heterocycles. The fourth-order valence-electron chi connectivity index (χ4n) is 3.42. The molecule has 1 aliphatic heterocycles. The second kappa shape index (κ2) is 12.8. The van der Waals surface area contributed by atoms with Crippen LogP contribution in [0, 0.1) is 0 Å². The first kappa shape index (κ1) is 19.4. The number of hydrogen-bond acceptors (Lipinski definition) is 2. The van der Waals surface area contributed by atoms with Crippen LogP contribution in [0.1, 0.15) is 97.8 Å². The van der Waals surface area contributed by atoms with E-state index in [0.717, 1.165) is 0 Å². The molecule has 2 heteroatoms. The molecule has 0 aliphatic carbocycles. The maximum absolute atomic E-state index is 2.57. The van der Waals surface area contributed by atoms with Gasteiger partial charge in [-0.15, -0.1) is 0 Å². The molecule has 0 saturated heterocycles. The van der Waals surface area contributed by atoms with Gasteiger partial charge in [0.15, 0.2) is 0 Å². The molecule has 0 amide bonds. The highest BCUT2D eigenvalue weighted by Crippen LogP contribution is 2.20. The molecule has 0 saturated carbocycles. The number of rotatable bonds is 14. The van der Waals surface area contributed by atoms with Crippen molar-refractivity contribution in [3.8, 4) is 0 Å². The first-order chi connectivity index (χ1) is 10.8. The third kappa shape index (κ3) is 7.56. The predicted molar refractivity (Wildman–Crippen MR) is 98.8 cm³/mol. The molecule has 22 heavy (non-hydrogen) atoms. The fraction of sp³-hybridized carbons (Fsp3) is 0.900. The van der Waals surface area contributed by atoms with Gasteiger partial charge in [-0.1, -0.05) is 78.6 Å². The number of hydrogen-bond donors (Lipinski definition) is 0. The Hall–Kier alpha value is -0.660. The summed E-state index contributed by atoms with van der Waals surface area (Å²) in [5.74, 6) is 0. The Balaban J connectivity index is 2.03. The Morgan fingerprint density at radius 2 is 1.05 bits per heavy atom. The van der Waals surface area contributed by atoms with E-state index in [-0.39, 0.29) is 0 Å². The van der Waals surface area contributed by atoms with E-state index in [0.29, 0.717) is 6.17 Å². The van der Waals surface area contributed by atoms with E-state index < -0.39 is 0 Å². The van der Waals surface area contributed by atoms with E-state index >= 15 is 0 Å². The number of unbranched alkanes of at least 4 members (excludes halogenated alkanes) is 9. The lowest BCUT2D eigenvalue weighted by molar-refractivity contribution is 0.144. The van der Waals surface area contributed by atoms with Gasteiger partial charge in [0, 0.05) is 25.5 Å². The molecular formula is C20H40N2. The van der Waals surface area contributed by atoms with Gasteiger partial charge in [-0.25, -0.2) is 0 Å². The molecule has 130 valence electrons. The summed E-state index contributed by atoms with van der Waals surface area (Å²) in [5.41, 5.74) is 0. The Kier molecular flexibility index (Phi) is 11.3. The van der Waals surface area contributed by atoms with Crippen molar-refractivity contribution >= 4 is 0 Å². The van der Waals surface area contributed by atoms with Gasteiger partial charge in [0.1, 0.15) is 6.17 Å². The quantitative estimate of drug-likeness (QED) is 0.355. The first-order valence-corrected chi connectivity index (χ1v) is 10.0. The minimum Gasteiger partial charge on any atom is -0.356 e. The lowest BCUT2D eigenvalue weighted by atomic mass is 10.1. The maximum Gasteiger partial charge on any atom is 0.100 e. The normalized spacial score (nSPS) is 17.7. The van der Waals surface area contributed by atoms with Gasteiger partial charge in [0.25, 0.3) is 0 Å². The molecule has 0 aromatic carbocycles. The van der Waals surface area contributed by atoms with Crippen LogP contribution >= 0.6 is 0 Å². The molecule has 1 rings (SSSR count). The zero-order chi connectivity index (χ0) is 16.0. The van der Waals surface area contributed by atoms with Crippen molar-refractivity contribution in [2.24, 2.45) is 0 Å². The summed E-state index contributed by atoms with van der Waals surface area (Å²) >= 11 is 0. The molecule has 0 aromatic rings. The molecule has 1 heterocycles. The van der Waals surface area contributed by atoms with E-state index in [9.17, 15) is 0 Å². The summed E-state index contributed by atoms with van der Waals surface area (Å²) < 4.78 is 0. The molecule has 0 fully saturated rings.